The summed E-state index contributed by atoms with van der Waals surface area (Å²) in [6.07, 6.45) is -13.4. The Bertz CT molecular complexity index is 1480. The molecule has 0 aliphatic heterocycles. The molecule has 1 N–H and O–H groups in total. The number of tetrazole rings is 1. The molecule has 4 rings (SSSR count). The molecule has 4 aromatic rings. The van der Waals surface area contributed by atoms with Crippen LogP contribution in [0.2, 0.25) is 0 Å². The maximum absolute atomic E-state index is 13.7. The maximum atomic E-state index is 13.7. The minimum atomic E-state index is -5.09. The summed E-state index contributed by atoms with van der Waals surface area (Å²) in [5.41, 5.74) is -3.06. The van der Waals surface area contributed by atoms with Gasteiger partial charge in [-0.15, -0.1) is 5.10 Å². The van der Waals surface area contributed by atoms with Crippen LogP contribution in [0.5, 0.6) is 0 Å². The van der Waals surface area contributed by atoms with E-state index in [1.165, 1.54) is 19.3 Å². The van der Waals surface area contributed by atoms with Crippen molar-refractivity contribution in [3.05, 3.63) is 76.0 Å². The second-order valence-corrected chi connectivity index (χ2v) is 9.57. The van der Waals surface area contributed by atoms with E-state index >= 15 is 0 Å². The smallest absolute Gasteiger partial charge is 0.330 e. The summed E-state index contributed by atoms with van der Waals surface area (Å²) < 4.78 is 122. The molecule has 0 saturated heterocycles. The third-order valence-electron chi connectivity index (χ3n) is 6.16. The average Bonchev–Trinajstić information content (AvgIpc) is 3.51. The number of aryl methyl sites for hydroxylation is 1. The molecule has 2 aromatic carbocycles. The van der Waals surface area contributed by atoms with Crippen molar-refractivity contribution in [1.29, 1.82) is 0 Å². The summed E-state index contributed by atoms with van der Waals surface area (Å²) in [7, 11) is 1.37. The first kappa shape index (κ1) is 29.9. The van der Waals surface area contributed by atoms with E-state index in [0.29, 0.717) is 29.0 Å². The molecule has 0 amide bonds. The molecule has 2 heterocycles. The van der Waals surface area contributed by atoms with Crippen molar-refractivity contribution in [1.82, 2.24) is 30.4 Å². The van der Waals surface area contributed by atoms with Crippen molar-refractivity contribution in [3.8, 4) is 11.3 Å². The summed E-state index contributed by atoms with van der Waals surface area (Å²) in [6.45, 7) is 2.65. The lowest BCUT2D eigenvalue weighted by Crippen LogP contribution is -2.25. The van der Waals surface area contributed by atoms with Crippen molar-refractivity contribution < 1.29 is 39.5 Å². The topological polar surface area (TPSA) is 75.5 Å². The Morgan fingerprint density at radius 1 is 0.829 bits per heavy atom. The predicted molar refractivity (Wildman–Crippen MR) is 128 cm³/mol. The van der Waals surface area contributed by atoms with Gasteiger partial charge in [-0.25, -0.2) is 0 Å². The minimum Gasteiger partial charge on any atom is -0.330 e. The summed E-state index contributed by atoms with van der Waals surface area (Å²) >= 11 is 0. The van der Waals surface area contributed by atoms with E-state index in [1.807, 2.05) is 13.8 Å². The highest BCUT2D eigenvalue weighted by Gasteiger charge is 2.37. The van der Waals surface area contributed by atoms with Crippen molar-refractivity contribution in [2.24, 2.45) is 7.05 Å². The molecule has 16 heteroatoms. The van der Waals surface area contributed by atoms with Gasteiger partial charge in [0.1, 0.15) is 0 Å². The van der Waals surface area contributed by atoms with Crippen LogP contribution in [0, 0.1) is 0 Å². The van der Waals surface area contributed by atoms with Gasteiger partial charge < -0.3 is 4.90 Å². The van der Waals surface area contributed by atoms with Crippen LogP contribution in [-0.2, 0) is 38.7 Å². The van der Waals surface area contributed by atoms with Crippen molar-refractivity contribution in [2.45, 2.75) is 51.4 Å². The second-order valence-electron chi connectivity index (χ2n) is 9.57. The van der Waals surface area contributed by atoms with E-state index in [1.54, 1.807) is 0 Å². The SMILES string of the molecule is CC(C)c1cn[nH]c1-c1ccc(C(F)(F)F)cc1CN(Cc1cc(C(F)(F)F)cc(C(F)(F)F)c1)c1nnn(C)n1. The van der Waals surface area contributed by atoms with Crippen LogP contribution in [0.4, 0.5) is 45.5 Å². The van der Waals surface area contributed by atoms with E-state index in [0.717, 1.165) is 21.8 Å². The normalized spacial score (nSPS) is 12.8. The van der Waals surface area contributed by atoms with Crippen LogP contribution in [0.25, 0.3) is 11.3 Å². The minimum absolute atomic E-state index is 0.00893. The summed E-state index contributed by atoms with van der Waals surface area (Å²) in [4.78, 5) is 2.14. The Hall–Kier alpha value is -4.11. The molecule has 0 aliphatic rings. The predicted octanol–water partition coefficient (Wildman–Crippen LogP) is 6.99. The Morgan fingerprint density at radius 2 is 1.44 bits per heavy atom. The molecule has 0 spiro atoms. The Balaban J connectivity index is 1.86. The van der Waals surface area contributed by atoms with Gasteiger partial charge in [0.2, 0.25) is 0 Å². The molecule has 0 atom stereocenters. The lowest BCUT2D eigenvalue weighted by atomic mass is 9.94. The number of H-pyrrole nitrogens is 1. The largest absolute Gasteiger partial charge is 0.416 e. The van der Waals surface area contributed by atoms with E-state index in [4.69, 9.17) is 0 Å². The van der Waals surface area contributed by atoms with Gasteiger partial charge in [-0.3, -0.25) is 5.10 Å². The lowest BCUT2D eigenvalue weighted by Gasteiger charge is -2.24. The third-order valence-corrected chi connectivity index (χ3v) is 6.16. The highest BCUT2D eigenvalue weighted by Crippen LogP contribution is 2.38. The Kier molecular flexibility index (Phi) is 7.80. The monoisotopic (exact) mass is 591 g/mol. The number of alkyl halides is 9. The molecule has 0 unspecified atom stereocenters. The van der Waals surface area contributed by atoms with Crippen LogP contribution in [0.1, 0.15) is 53.1 Å². The molecule has 0 bridgehead atoms. The van der Waals surface area contributed by atoms with Crippen LogP contribution in [0.3, 0.4) is 0 Å². The second kappa shape index (κ2) is 10.7. The number of nitrogens with one attached hydrogen (secondary N) is 1. The Labute approximate surface area is 227 Å². The van der Waals surface area contributed by atoms with Gasteiger partial charge in [-0.2, -0.15) is 49.4 Å². The molecular formula is C25H22F9N7. The molecule has 0 fully saturated rings. The number of nitrogens with zero attached hydrogens (tertiary/aromatic N) is 6. The zero-order valence-electron chi connectivity index (χ0n) is 21.6. The van der Waals surface area contributed by atoms with Gasteiger partial charge in [0, 0.05) is 24.2 Å². The third kappa shape index (κ3) is 6.79. The first-order valence-corrected chi connectivity index (χ1v) is 11.9. The fourth-order valence-electron chi connectivity index (χ4n) is 4.23. The van der Waals surface area contributed by atoms with Crippen molar-refractivity contribution in [2.75, 3.05) is 4.90 Å². The number of hydrogen-bond acceptors (Lipinski definition) is 5. The van der Waals surface area contributed by atoms with Gasteiger partial charge in [-0.1, -0.05) is 25.0 Å². The summed E-state index contributed by atoms with van der Waals surface area (Å²) in [5, 5.41) is 18.2. The van der Waals surface area contributed by atoms with E-state index in [2.05, 4.69) is 25.6 Å². The molecule has 7 nitrogen and oxygen atoms in total. The molecule has 41 heavy (non-hydrogen) atoms. The molecule has 0 aliphatic carbocycles. The summed E-state index contributed by atoms with van der Waals surface area (Å²) in [5.74, 6) is -0.307. The van der Waals surface area contributed by atoms with Gasteiger partial charge >= 0.3 is 18.5 Å². The van der Waals surface area contributed by atoms with Crippen molar-refractivity contribution >= 4 is 5.95 Å². The zero-order valence-corrected chi connectivity index (χ0v) is 21.6. The highest BCUT2D eigenvalue weighted by molar-refractivity contribution is 5.68. The van der Waals surface area contributed by atoms with Crippen LogP contribution in [0.15, 0.2) is 42.6 Å². The first-order valence-electron chi connectivity index (χ1n) is 11.9. The fraction of sp³-hybridized carbons (Fsp3) is 0.360. The lowest BCUT2D eigenvalue weighted by molar-refractivity contribution is -0.143. The van der Waals surface area contributed by atoms with Crippen LogP contribution >= 0.6 is 0 Å². The number of aromatic amines is 1. The fourth-order valence-corrected chi connectivity index (χ4v) is 4.23. The zero-order chi connectivity index (χ0) is 30.3. The average molecular weight is 591 g/mol. The number of hydrogen-bond donors (Lipinski definition) is 1. The highest BCUT2D eigenvalue weighted by atomic mass is 19.4. The van der Waals surface area contributed by atoms with E-state index in [-0.39, 0.29) is 23.5 Å². The standard InChI is InChI=1S/C25H22F9N7/c1-13(2)20-10-35-36-21(20)19-5-4-16(23(26,27)28)8-15(19)12-41(22-37-39-40(3)38-22)11-14-6-17(24(29,30)31)9-18(7-14)25(32,33)34/h4-10,13H,11-12H2,1-3H3,(H,35,36). The molecule has 2 aromatic heterocycles. The summed E-state index contributed by atoms with van der Waals surface area (Å²) in [6, 6.07) is 4.03. The number of rotatable bonds is 7. The molecule has 0 radical (unpaired) electrons. The number of benzene rings is 2. The molecule has 220 valence electrons. The maximum Gasteiger partial charge on any atom is 0.416 e. The number of halogens is 9. The van der Waals surface area contributed by atoms with Gasteiger partial charge in [-0.05, 0) is 52.6 Å². The van der Waals surface area contributed by atoms with E-state index in [9.17, 15) is 39.5 Å². The van der Waals surface area contributed by atoms with Gasteiger partial charge in [0.05, 0.1) is 35.6 Å². The number of aromatic nitrogens is 6. The van der Waals surface area contributed by atoms with Gasteiger partial charge in [0.15, 0.2) is 0 Å². The molecular weight excluding hydrogens is 569 g/mol. The quantitative estimate of drug-likeness (QED) is 0.235. The Morgan fingerprint density at radius 3 is 1.95 bits per heavy atom. The number of anilines is 1. The van der Waals surface area contributed by atoms with Gasteiger partial charge in [0.25, 0.3) is 5.95 Å². The van der Waals surface area contributed by atoms with Crippen molar-refractivity contribution in [3.63, 3.8) is 0 Å². The van der Waals surface area contributed by atoms with Crippen LogP contribution in [-0.4, -0.2) is 30.4 Å². The first-order chi connectivity index (χ1) is 18.9. The van der Waals surface area contributed by atoms with Crippen LogP contribution < -0.4 is 4.90 Å². The van der Waals surface area contributed by atoms with E-state index < -0.39 is 53.9 Å². The molecule has 0 saturated carbocycles.